The van der Waals surface area contributed by atoms with Gasteiger partial charge in [-0.2, -0.15) is 11.8 Å². The van der Waals surface area contributed by atoms with Crippen LogP contribution in [0.2, 0.25) is 0 Å². The summed E-state index contributed by atoms with van der Waals surface area (Å²) in [6.45, 7) is 2.83. The molecule has 0 radical (unpaired) electrons. The van der Waals surface area contributed by atoms with E-state index in [2.05, 4.69) is 10.2 Å². The van der Waals surface area contributed by atoms with Crippen molar-refractivity contribution < 1.29 is 9.21 Å². The van der Waals surface area contributed by atoms with E-state index >= 15 is 0 Å². The number of carbonyl (C=O) groups excluding carboxylic acids is 1. The quantitative estimate of drug-likeness (QED) is 0.924. The number of thioether (sulfide) groups is 1. The number of nitrogens with zero attached hydrogens (tertiary/aromatic N) is 1. The average Bonchev–Trinajstić information content (AvgIpc) is 3.13. The molecule has 110 valence electrons. The summed E-state index contributed by atoms with van der Waals surface area (Å²) in [5, 5.41) is 3.21. The van der Waals surface area contributed by atoms with E-state index in [0.717, 1.165) is 50.4 Å². The van der Waals surface area contributed by atoms with Crippen LogP contribution < -0.4 is 5.32 Å². The Morgan fingerprint density at radius 1 is 1.40 bits per heavy atom. The molecule has 0 saturated carbocycles. The van der Waals surface area contributed by atoms with Crippen LogP contribution in [0.1, 0.15) is 25.0 Å². The lowest BCUT2D eigenvalue weighted by atomic mass is 9.95. The van der Waals surface area contributed by atoms with E-state index in [1.807, 2.05) is 23.9 Å². The maximum Gasteiger partial charge on any atom is 0.223 e. The first-order chi connectivity index (χ1) is 9.81. The minimum Gasteiger partial charge on any atom is -0.468 e. The normalized spacial score (nSPS) is 24.9. The predicted octanol–water partition coefficient (Wildman–Crippen LogP) is 2.11. The van der Waals surface area contributed by atoms with Gasteiger partial charge in [-0.15, -0.1) is 0 Å². The van der Waals surface area contributed by atoms with Gasteiger partial charge in [0, 0.05) is 17.7 Å². The van der Waals surface area contributed by atoms with E-state index in [0.29, 0.717) is 6.04 Å². The maximum atomic E-state index is 12.2. The fraction of sp³-hybridized carbons (Fsp3) is 0.667. The fourth-order valence-electron chi connectivity index (χ4n) is 2.94. The Bertz CT molecular complexity index is 421. The summed E-state index contributed by atoms with van der Waals surface area (Å²) in [5.41, 5.74) is 0. The third-order valence-corrected chi connectivity index (χ3v) is 5.36. The van der Waals surface area contributed by atoms with Crippen LogP contribution in [0.5, 0.6) is 0 Å². The second kappa shape index (κ2) is 6.68. The van der Waals surface area contributed by atoms with Crippen LogP contribution >= 0.6 is 11.8 Å². The molecule has 20 heavy (non-hydrogen) atoms. The largest absolute Gasteiger partial charge is 0.468 e. The third-order valence-electron chi connectivity index (χ3n) is 4.19. The lowest BCUT2D eigenvalue weighted by molar-refractivity contribution is -0.127. The van der Waals surface area contributed by atoms with Crippen molar-refractivity contribution in [3.63, 3.8) is 0 Å². The average molecular weight is 294 g/mol. The zero-order chi connectivity index (χ0) is 13.8. The molecular formula is C15H22N2O2S. The zero-order valence-electron chi connectivity index (χ0n) is 11.7. The molecule has 2 aliphatic heterocycles. The van der Waals surface area contributed by atoms with Gasteiger partial charge in [-0.05, 0) is 50.2 Å². The number of amides is 1. The molecule has 3 rings (SSSR count). The molecule has 3 heterocycles. The van der Waals surface area contributed by atoms with Gasteiger partial charge in [-0.25, -0.2) is 0 Å². The molecule has 2 aliphatic rings. The lowest BCUT2D eigenvalue weighted by Crippen LogP contribution is -2.43. The van der Waals surface area contributed by atoms with Crippen molar-refractivity contribution in [1.29, 1.82) is 0 Å². The smallest absolute Gasteiger partial charge is 0.223 e. The molecule has 5 heteroatoms. The predicted molar refractivity (Wildman–Crippen MR) is 80.6 cm³/mol. The van der Waals surface area contributed by atoms with E-state index in [9.17, 15) is 4.79 Å². The molecule has 2 saturated heterocycles. The molecule has 4 nitrogen and oxygen atoms in total. The number of likely N-dealkylation sites (tertiary alicyclic amines) is 1. The first kappa shape index (κ1) is 14.0. The summed E-state index contributed by atoms with van der Waals surface area (Å²) in [6, 6.07) is 4.35. The number of furan rings is 1. The highest BCUT2D eigenvalue weighted by molar-refractivity contribution is 7.99. The van der Waals surface area contributed by atoms with Crippen LogP contribution in [-0.4, -0.2) is 41.4 Å². The summed E-state index contributed by atoms with van der Waals surface area (Å²) in [7, 11) is 0. The minimum atomic E-state index is 0.202. The van der Waals surface area contributed by atoms with E-state index in [4.69, 9.17) is 4.42 Å². The van der Waals surface area contributed by atoms with Crippen molar-refractivity contribution in [1.82, 2.24) is 10.2 Å². The van der Waals surface area contributed by atoms with Crippen LogP contribution in [0.4, 0.5) is 0 Å². The van der Waals surface area contributed by atoms with Crippen molar-refractivity contribution in [2.45, 2.75) is 31.8 Å². The summed E-state index contributed by atoms with van der Waals surface area (Å²) < 4.78 is 5.38. The molecule has 1 aromatic heterocycles. The Morgan fingerprint density at radius 2 is 2.25 bits per heavy atom. The summed E-state index contributed by atoms with van der Waals surface area (Å²) >= 11 is 1.94. The van der Waals surface area contributed by atoms with Gasteiger partial charge in [0.1, 0.15) is 5.76 Å². The molecule has 0 aliphatic carbocycles. The highest BCUT2D eigenvalue weighted by Gasteiger charge is 2.27. The van der Waals surface area contributed by atoms with E-state index in [1.54, 1.807) is 6.26 Å². The van der Waals surface area contributed by atoms with Gasteiger partial charge in [0.25, 0.3) is 0 Å². The van der Waals surface area contributed by atoms with Gasteiger partial charge >= 0.3 is 0 Å². The Kier molecular flexibility index (Phi) is 4.68. The number of hydrogen-bond donors (Lipinski definition) is 1. The Morgan fingerprint density at radius 3 is 2.90 bits per heavy atom. The Hall–Kier alpha value is -0.940. The van der Waals surface area contributed by atoms with Crippen molar-refractivity contribution in [2.75, 3.05) is 24.6 Å². The van der Waals surface area contributed by atoms with E-state index in [-0.39, 0.29) is 11.8 Å². The first-order valence-corrected chi connectivity index (χ1v) is 8.59. The second-order valence-corrected chi connectivity index (χ2v) is 6.85. The summed E-state index contributed by atoms with van der Waals surface area (Å²) in [4.78, 5) is 14.6. The highest BCUT2D eigenvalue weighted by Crippen LogP contribution is 2.21. The van der Waals surface area contributed by atoms with Crippen molar-refractivity contribution in [3.05, 3.63) is 24.2 Å². The minimum absolute atomic E-state index is 0.202. The molecule has 1 atom stereocenters. The van der Waals surface area contributed by atoms with Gasteiger partial charge in [0.05, 0.1) is 12.8 Å². The second-order valence-electron chi connectivity index (χ2n) is 5.70. The van der Waals surface area contributed by atoms with Gasteiger partial charge in [-0.3, -0.25) is 9.69 Å². The molecule has 1 aromatic rings. The Labute approximate surface area is 124 Å². The molecule has 0 spiro atoms. The van der Waals surface area contributed by atoms with Gasteiger partial charge in [0.15, 0.2) is 0 Å². The number of piperidine rings is 1. The number of hydrogen-bond acceptors (Lipinski definition) is 4. The van der Waals surface area contributed by atoms with Crippen LogP contribution in [0, 0.1) is 5.92 Å². The molecule has 1 N–H and O–H groups in total. The summed E-state index contributed by atoms with van der Waals surface area (Å²) in [5.74, 6) is 3.76. The number of nitrogens with one attached hydrogen (secondary N) is 1. The Balaban J connectivity index is 1.42. The van der Waals surface area contributed by atoms with Crippen molar-refractivity contribution >= 4 is 17.7 Å². The molecule has 0 aromatic carbocycles. The van der Waals surface area contributed by atoms with Crippen molar-refractivity contribution in [2.24, 2.45) is 5.92 Å². The molecule has 2 fully saturated rings. The molecule has 1 amide bonds. The molecular weight excluding hydrogens is 272 g/mol. The van der Waals surface area contributed by atoms with E-state index in [1.165, 1.54) is 5.75 Å². The van der Waals surface area contributed by atoms with Crippen molar-refractivity contribution in [3.8, 4) is 0 Å². The van der Waals surface area contributed by atoms with Gasteiger partial charge in [-0.1, -0.05) is 0 Å². The van der Waals surface area contributed by atoms with Crippen LogP contribution in [0.15, 0.2) is 22.8 Å². The highest BCUT2D eigenvalue weighted by atomic mass is 32.2. The zero-order valence-corrected chi connectivity index (χ0v) is 12.5. The maximum absolute atomic E-state index is 12.2. The third kappa shape index (κ3) is 3.58. The van der Waals surface area contributed by atoms with Crippen LogP contribution in [0.25, 0.3) is 0 Å². The molecule has 0 unspecified atom stereocenters. The van der Waals surface area contributed by atoms with Gasteiger partial charge < -0.3 is 9.73 Å². The standard InChI is InChI=1S/C15H22N2O2S/c18-15(16-13-5-9-20-11-13)12-3-6-17(7-4-12)10-14-2-1-8-19-14/h1-2,8,12-13H,3-7,9-11H2,(H,16,18)/t13-/m1/s1. The monoisotopic (exact) mass is 294 g/mol. The lowest BCUT2D eigenvalue weighted by Gasteiger charge is -2.31. The van der Waals surface area contributed by atoms with Crippen LogP contribution in [0.3, 0.4) is 0 Å². The van der Waals surface area contributed by atoms with E-state index < -0.39 is 0 Å². The SMILES string of the molecule is O=C(N[C@@H]1CCSC1)C1CCN(Cc2ccco2)CC1. The first-order valence-electron chi connectivity index (χ1n) is 7.44. The van der Waals surface area contributed by atoms with Crippen LogP contribution in [-0.2, 0) is 11.3 Å². The topological polar surface area (TPSA) is 45.5 Å². The number of carbonyl (C=O) groups is 1. The fourth-order valence-corrected chi connectivity index (χ4v) is 4.10. The number of rotatable bonds is 4. The summed E-state index contributed by atoms with van der Waals surface area (Å²) in [6.07, 6.45) is 4.78. The van der Waals surface area contributed by atoms with Gasteiger partial charge in [0.2, 0.25) is 5.91 Å². The molecule has 0 bridgehead atoms.